The lowest BCUT2D eigenvalue weighted by Crippen LogP contribution is -2.39. The smallest absolute Gasteiger partial charge is 0.00772 e. The van der Waals surface area contributed by atoms with E-state index in [1.807, 2.05) is 0 Å². The van der Waals surface area contributed by atoms with Crippen LogP contribution >= 0.6 is 0 Å². The largest absolute Gasteiger partial charge is 0.314 e. The van der Waals surface area contributed by atoms with Crippen molar-refractivity contribution >= 4 is 0 Å². The van der Waals surface area contributed by atoms with Gasteiger partial charge in [0.05, 0.1) is 0 Å². The predicted molar refractivity (Wildman–Crippen MR) is 93.1 cm³/mol. The first-order chi connectivity index (χ1) is 10.6. The topological polar surface area (TPSA) is 48.1 Å². The van der Waals surface area contributed by atoms with Gasteiger partial charge < -0.3 is 21.3 Å². The fourth-order valence-corrected chi connectivity index (χ4v) is 5.42. The van der Waals surface area contributed by atoms with E-state index in [4.69, 9.17) is 0 Å². The average molecular weight is 309 g/mol. The minimum atomic E-state index is 0.697. The van der Waals surface area contributed by atoms with E-state index >= 15 is 0 Å². The molecule has 5 rings (SSSR count). The Morgan fingerprint density at radius 3 is 1.05 bits per heavy atom. The van der Waals surface area contributed by atoms with E-state index < -0.39 is 0 Å². The van der Waals surface area contributed by atoms with Gasteiger partial charge in [-0.25, -0.2) is 0 Å². The summed E-state index contributed by atoms with van der Waals surface area (Å²) in [5, 5.41) is 13.4. The molecule has 1 heterocycles. The summed E-state index contributed by atoms with van der Waals surface area (Å²) in [5.41, 5.74) is 1.49. The van der Waals surface area contributed by atoms with Crippen molar-refractivity contribution in [2.45, 2.75) is 33.6 Å². The Bertz CT molecular complexity index is 310. The Labute approximate surface area is 136 Å². The van der Waals surface area contributed by atoms with Crippen LogP contribution in [0.3, 0.4) is 0 Å². The molecular formula is C18H36N4. The van der Waals surface area contributed by atoms with Crippen LogP contribution in [0.1, 0.15) is 33.6 Å². The van der Waals surface area contributed by atoms with E-state index in [9.17, 15) is 0 Å². The third-order valence-corrected chi connectivity index (χ3v) is 7.32. The van der Waals surface area contributed by atoms with Gasteiger partial charge in [-0.15, -0.1) is 0 Å². The molecule has 4 saturated carbocycles. The standard InChI is InChI=1S/C10H16.C8H20N4/c1-9(2)6-4-7-8(5-6)10(7,9)3;1-2-10-5-6-12-8-7-11-4-3-9-1/h6-8H,4-5H2,1-3H3;9-12H,1-8H2. The van der Waals surface area contributed by atoms with Crippen LogP contribution in [0.15, 0.2) is 0 Å². The zero-order valence-corrected chi connectivity index (χ0v) is 14.8. The van der Waals surface area contributed by atoms with E-state index in [1.54, 1.807) is 12.8 Å². The van der Waals surface area contributed by atoms with Crippen molar-refractivity contribution in [1.82, 2.24) is 21.3 Å². The molecule has 5 fully saturated rings. The monoisotopic (exact) mass is 308 g/mol. The third kappa shape index (κ3) is 2.95. The molecule has 5 aliphatic rings. The van der Waals surface area contributed by atoms with Gasteiger partial charge in [0.2, 0.25) is 0 Å². The lowest BCUT2D eigenvalue weighted by molar-refractivity contribution is 0.200. The van der Waals surface area contributed by atoms with Crippen molar-refractivity contribution < 1.29 is 0 Å². The normalized spacial score (nSPS) is 43.5. The number of rotatable bonds is 0. The van der Waals surface area contributed by atoms with Gasteiger partial charge in [-0.2, -0.15) is 0 Å². The second-order valence-electron chi connectivity index (χ2n) is 8.39. The molecule has 2 atom stereocenters. The number of hydrogen-bond acceptors (Lipinski definition) is 4. The minimum Gasteiger partial charge on any atom is -0.314 e. The molecule has 4 nitrogen and oxygen atoms in total. The fourth-order valence-electron chi connectivity index (χ4n) is 5.42. The Morgan fingerprint density at radius 1 is 0.591 bits per heavy atom. The van der Waals surface area contributed by atoms with Gasteiger partial charge in [0.15, 0.2) is 0 Å². The van der Waals surface area contributed by atoms with Crippen molar-refractivity contribution in [3.8, 4) is 0 Å². The second-order valence-corrected chi connectivity index (χ2v) is 8.39. The van der Waals surface area contributed by atoms with Crippen molar-refractivity contribution in [2.75, 3.05) is 52.4 Å². The van der Waals surface area contributed by atoms with Crippen LogP contribution in [0, 0.1) is 28.6 Å². The van der Waals surface area contributed by atoms with Crippen molar-refractivity contribution in [2.24, 2.45) is 28.6 Å². The van der Waals surface area contributed by atoms with Crippen LogP contribution in [-0.4, -0.2) is 52.4 Å². The molecule has 4 N–H and O–H groups in total. The Kier molecular flexibility index (Phi) is 5.13. The molecule has 128 valence electrons. The van der Waals surface area contributed by atoms with Gasteiger partial charge in [0.1, 0.15) is 0 Å². The van der Waals surface area contributed by atoms with Gasteiger partial charge in [-0.3, -0.25) is 0 Å². The maximum Gasteiger partial charge on any atom is 0.00772 e. The highest BCUT2D eigenvalue weighted by atomic mass is 15.0. The number of hydrogen-bond donors (Lipinski definition) is 4. The zero-order chi connectivity index (χ0) is 15.6. The maximum absolute atomic E-state index is 3.36. The highest BCUT2D eigenvalue weighted by Gasteiger charge is 2.79. The van der Waals surface area contributed by atoms with Crippen LogP contribution in [0.2, 0.25) is 0 Å². The molecule has 1 saturated heterocycles. The molecule has 0 radical (unpaired) electrons. The van der Waals surface area contributed by atoms with Gasteiger partial charge in [0.25, 0.3) is 0 Å². The van der Waals surface area contributed by atoms with Crippen molar-refractivity contribution in [3.63, 3.8) is 0 Å². The van der Waals surface area contributed by atoms with E-state index in [0.29, 0.717) is 5.41 Å². The van der Waals surface area contributed by atoms with Gasteiger partial charge in [0, 0.05) is 52.4 Å². The zero-order valence-electron chi connectivity index (χ0n) is 14.8. The summed E-state index contributed by atoms with van der Waals surface area (Å²) in [5.74, 6) is 3.38. The Hall–Kier alpha value is -0.160. The summed E-state index contributed by atoms with van der Waals surface area (Å²) in [6.45, 7) is 16.1. The summed E-state index contributed by atoms with van der Waals surface area (Å²) in [7, 11) is 0. The number of nitrogens with one attached hydrogen (secondary N) is 4. The van der Waals surface area contributed by atoms with E-state index in [-0.39, 0.29) is 0 Å². The molecule has 22 heavy (non-hydrogen) atoms. The van der Waals surface area contributed by atoms with E-state index in [2.05, 4.69) is 42.0 Å². The quantitative estimate of drug-likeness (QED) is 0.540. The second kappa shape index (κ2) is 6.76. The summed E-state index contributed by atoms with van der Waals surface area (Å²) < 4.78 is 0. The summed E-state index contributed by atoms with van der Waals surface area (Å²) in [6.07, 6.45) is 3.13. The molecule has 2 unspecified atom stereocenters. The minimum absolute atomic E-state index is 0.697. The molecule has 4 aliphatic carbocycles. The van der Waals surface area contributed by atoms with Crippen LogP contribution in [0.25, 0.3) is 0 Å². The molecule has 4 heteroatoms. The third-order valence-electron chi connectivity index (χ3n) is 7.32. The van der Waals surface area contributed by atoms with Crippen LogP contribution < -0.4 is 21.3 Å². The summed E-state index contributed by atoms with van der Waals surface area (Å²) in [4.78, 5) is 0. The van der Waals surface area contributed by atoms with E-state index in [1.165, 1.54) is 0 Å². The highest BCUT2D eigenvalue weighted by molar-refractivity contribution is 5.27. The first-order valence-corrected chi connectivity index (χ1v) is 9.41. The maximum atomic E-state index is 3.36. The average Bonchev–Trinajstić information content (AvgIpc) is 2.79. The Balaban J connectivity index is 0.000000132. The lowest BCUT2D eigenvalue weighted by atomic mass is 9.76. The first kappa shape index (κ1) is 16.7. The van der Waals surface area contributed by atoms with Crippen molar-refractivity contribution in [1.29, 1.82) is 0 Å². The fraction of sp³-hybridized carbons (Fsp3) is 1.00. The van der Waals surface area contributed by atoms with Crippen LogP contribution in [0.5, 0.6) is 0 Å². The first-order valence-electron chi connectivity index (χ1n) is 9.41. The van der Waals surface area contributed by atoms with Gasteiger partial charge in [-0.1, -0.05) is 20.8 Å². The highest BCUT2D eigenvalue weighted by Crippen LogP contribution is 2.85. The van der Waals surface area contributed by atoms with Gasteiger partial charge in [-0.05, 0) is 41.4 Å². The summed E-state index contributed by atoms with van der Waals surface area (Å²) in [6, 6.07) is 0. The molecule has 0 spiro atoms. The molecule has 4 bridgehead atoms. The SMILES string of the molecule is C1CNCCNCCNCCN1.CC1(C)C2CC3C(C2)C31C. The molecule has 0 aromatic rings. The van der Waals surface area contributed by atoms with Crippen LogP contribution in [0.4, 0.5) is 0 Å². The molecule has 0 amide bonds. The van der Waals surface area contributed by atoms with Crippen molar-refractivity contribution in [3.05, 3.63) is 0 Å². The van der Waals surface area contributed by atoms with E-state index in [0.717, 1.165) is 75.5 Å². The Morgan fingerprint density at radius 2 is 0.909 bits per heavy atom. The van der Waals surface area contributed by atoms with Gasteiger partial charge >= 0.3 is 0 Å². The molecule has 0 aromatic heterocycles. The lowest BCUT2D eigenvalue weighted by Gasteiger charge is -2.28. The summed E-state index contributed by atoms with van der Waals surface area (Å²) >= 11 is 0. The molecular weight excluding hydrogens is 272 g/mol. The predicted octanol–water partition coefficient (Wildman–Crippen LogP) is 1.05. The molecule has 0 aromatic carbocycles. The molecule has 1 aliphatic heterocycles. The van der Waals surface area contributed by atoms with Crippen LogP contribution in [-0.2, 0) is 0 Å².